The zero-order valence-electron chi connectivity index (χ0n) is 16.8. The van der Waals surface area contributed by atoms with E-state index in [4.69, 9.17) is 38.3 Å². The number of aromatic nitrogens is 2. The first-order chi connectivity index (χ1) is 14.8. The lowest BCUT2D eigenvalue weighted by Gasteiger charge is -2.11. The second-order valence-corrected chi connectivity index (χ2v) is 7.00. The van der Waals surface area contributed by atoms with Crippen molar-refractivity contribution in [3.63, 3.8) is 0 Å². The first-order valence-electron chi connectivity index (χ1n) is 9.53. The van der Waals surface area contributed by atoms with E-state index in [1.165, 1.54) is 0 Å². The second kappa shape index (κ2) is 11.9. The van der Waals surface area contributed by atoms with Gasteiger partial charge in [-0.25, -0.2) is 9.97 Å². The minimum absolute atomic E-state index is 0.0363. The molecule has 1 amide bonds. The number of nitrogens with zero attached hydrogens (tertiary/aromatic N) is 2. The number of ether oxygens (including phenoxy) is 1. The van der Waals surface area contributed by atoms with Gasteiger partial charge in [-0.1, -0.05) is 23.7 Å². The Kier molecular flexibility index (Phi) is 9.25. The summed E-state index contributed by atoms with van der Waals surface area (Å²) in [6.07, 6.45) is 1.57. The van der Waals surface area contributed by atoms with Crippen LogP contribution in [0.3, 0.4) is 0 Å². The highest BCUT2D eigenvalue weighted by atomic mass is 35.5. The molecule has 0 aliphatic rings. The number of nitrogen functional groups attached to an aromatic ring is 2. The monoisotopic (exact) mass is 451 g/mol. The fourth-order valence-electron chi connectivity index (χ4n) is 2.49. The molecule has 0 bridgehead atoms. The number of guanidine groups is 1. The van der Waals surface area contributed by atoms with Crippen LogP contribution in [0.5, 0.6) is 5.75 Å². The van der Waals surface area contributed by atoms with Gasteiger partial charge in [0.15, 0.2) is 28.4 Å². The summed E-state index contributed by atoms with van der Waals surface area (Å²) in [5.41, 5.74) is 12.0. The van der Waals surface area contributed by atoms with Crippen molar-refractivity contribution in [2.75, 3.05) is 31.2 Å². The van der Waals surface area contributed by atoms with Crippen molar-refractivity contribution >= 4 is 35.1 Å². The van der Waals surface area contributed by atoms with Crippen molar-refractivity contribution in [1.82, 2.24) is 20.6 Å². The highest BCUT2D eigenvalue weighted by Gasteiger charge is 2.16. The number of anilines is 2. The molecular formula is C19H26ClN7O4. The van der Waals surface area contributed by atoms with E-state index >= 15 is 0 Å². The van der Waals surface area contributed by atoms with E-state index < -0.39 is 12.0 Å². The van der Waals surface area contributed by atoms with Gasteiger partial charge in [0.1, 0.15) is 18.5 Å². The molecule has 2 rings (SSSR count). The third-order valence-electron chi connectivity index (χ3n) is 4.13. The Balaban J connectivity index is 1.67. The first-order valence-corrected chi connectivity index (χ1v) is 9.91. The molecule has 1 aromatic carbocycles. The Labute approximate surface area is 184 Å². The van der Waals surface area contributed by atoms with Gasteiger partial charge in [0.05, 0.1) is 6.61 Å². The zero-order chi connectivity index (χ0) is 22.8. The van der Waals surface area contributed by atoms with Crippen molar-refractivity contribution in [2.45, 2.75) is 25.4 Å². The Morgan fingerprint density at radius 3 is 2.58 bits per heavy atom. The second-order valence-electron chi connectivity index (χ2n) is 6.64. The van der Waals surface area contributed by atoms with Crippen molar-refractivity contribution in [1.29, 1.82) is 5.41 Å². The normalized spacial score (nSPS) is 11.6. The molecule has 0 unspecified atom stereocenters. The average Bonchev–Trinajstić information content (AvgIpc) is 2.75. The number of aliphatic hydroxyl groups is 2. The lowest BCUT2D eigenvalue weighted by Crippen LogP contribution is -2.41. The molecule has 1 atom stereocenters. The number of aliphatic hydroxyl groups excluding tert-OH is 2. The van der Waals surface area contributed by atoms with E-state index in [2.05, 4.69) is 20.6 Å². The van der Waals surface area contributed by atoms with Gasteiger partial charge >= 0.3 is 0 Å². The van der Waals surface area contributed by atoms with Gasteiger partial charge in [-0.3, -0.25) is 15.5 Å². The van der Waals surface area contributed by atoms with Crippen LogP contribution in [-0.2, 0) is 6.42 Å². The molecule has 11 nitrogen and oxygen atoms in total. The molecule has 168 valence electrons. The Hall–Kier alpha value is -3.15. The average molecular weight is 452 g/mol. The minimum atomic E-state index is -0.898. The predicted octanol–water partition coefficient (Wildman–Crippen LogP) is 0.303. The van der Waals surface area contributed by atoms with Crippen molar-refractivity contribution in [2.24, 2.45) is 0 Å². The summed E-state index contributed by atoms with van der Waals surface area (Å²) < 4.78 is 5.36. The number of carbonyl (C=O) groups excluding carboxylic acids is 1. The number of carbonyl (C=O) groups is 1. The van der Waals surface area contributed by atoms with Gasteiger partial charge in [-0.05, 0) is 37.0 Å². The number of amides is 1. The standard InChI is InChI=1S/C19H26ClN7O4/c20-15-17(22)26-16(21)14(25-15)18(30)27-19(23)24-8-2-1-3-11-4-6-13(7-5-11)31-10-12(29)9-28/h4-7,12,28-29H,1-3,8-10H2,(H4,21,22,26)(H3,23,24,27,30)/t12-/m0/s1. The number of hydrogen-bond donors (Lipinski definition) is 7. The maximum Gasteiger partial charge on any atom is 0.280 e. The largest absolute Gasteiger partial charge is 0.491 e. The fraction of sp³-hybridized carbons (Fsp3) is 0.368. The molecule has 0 saturated heterocycles. The van der Waals surface area contributed by atoms with Crippen LogP contribution < -0.4 is 26.8 Å². The third-order valence-corrected chi connectivity index (χ3v) is 4.41. The highest BCUT2D eigenvalue weighted by Crippen LogP contribution is 2.17. The van der Waals surface area contributed by atoms with Gasteiger partial charge in [0.2, 0.25) is 0 Å². The van der Waals surface area contributed by atoms with E-state index in [0.717, 1.165) is 24.8 Å². The van der Waals surface area contributed by atoms with Crippen LogP contribution in [0, 0.1) is 5.41 Å². The van der Waals surface area contributed by atoms with Gasteiger partial charge in [-0.2, -0.15) is 0 Å². The summed E-state index contributed by atoms with van der Waals surface area (Å²) in [4.78, 5) is 19.6. The smallest absolute Gasteiger partial charge is 0.280 e. The zero-order valence-corrected chi connectivity index (χ0v) is 17.5. The fourth-order valence-corrected chi connectivity index (χ4v) is 2.62. The summed E-state index contributed by atoms with van der Waals surface area (Å²) in [5, 5.41) is 30.8. The molecule has 0 saturated carbocycles. The lowest BCUT2D eigenvalue weighted by molar-refractivity contribution is 0.0536. The number of halogens is 1. The summed E-state index contributed by atoms with van der Waals surface area (Å²) in [5.74, 6) is -0.529. The highest BCUT2D eigenvalue weighted by molar-refractivity contribution is 6.31. The van der Waals surface area contributed by atoms with E-state index in [1.807, 2.05) is 12.1 Å². The molecule has 1 aromatic heterocycles. The lowest BCUT2D eigenvalue weighted by atomic mass is 10.1. The number of unbranched alkanes of at least 4 members (excludes halogenated alkanes) is 1. The van der Waals surface area contributed by atoms with Crippen LogP contribution in [0.1, 0.15) is 28.9 Å². The molecule has 2 aromatic rings. The number of nitrogens with two attached hydrogens (primary N) is 2. The number of rotatable bonds is 10. The number of benzene rings is 1. The van der Waals surface area contributed by atoms with E-state index in [9.17, 15) is 9.90 Å². The molecule has 12 heteroatoms. The summed E-state index contributed by atoms with van der Waals surface area (Å²) in [7, 11) is 0. The molecule has 0 spiro atoms. The predicted molar refractivity (Wildman–Crippen MR) is 117 cm³/mol. The third kappa shape index (κ3) is 7.89. The van der Waals surface area contributed by atoms with Crippen LogP contribution in [0.25, 0.3) is 0 Å². The van der Waals surface area contributed by atoms with Crippen LogP contribution in [0.4, 0.5) is 11.6 Å². The van der Waals surface area contributed by atoms with Crippen LogP contribution in [0.2, 0.25) is 5.15 Å². The van der Waals surface area contributed by atoms with Crippen molar-refractivity contribution < 1.29 is 19.7 Å². The Morgan fingerprint density at radius 1 is 1.19 bits per heavy atom. The molecule has 9 N–H and O–H groups in total. The molecule has 0 radical (unpaired) electrons. The van der Waals surface area contributed by atoms with Gasteiger partial charge in [-0.15, -0.1) is 0 Å². The number of hydrogen-bond acceptors (Lipinski definition) is 9. The SMILES string of the molecule is N=C(NCCCCc1ccc(OC[C@@H](O)CO)cc1)NC(=O)c1nc(Cl)c(N)nc1N. The molecule has 1 heterocycles. The summed E-state index contributed by atoms with van der Waals surface area (Å²) in [6.45, 7) is 0.183. The van der Waals surface area contributed by atoms with Gasteiger partial charge < -0.3 is 31.7 Å². The van der Waals surface area contributed by atoms with Gasteiger partial charge in [0, 0.05) is 6.54 Å². The summed E-state index contributed by atoms with van der Waals surface area (Å²) in [6, 6.07) is 7.47. The Bertz CT molecular complexity index is 896. The van der Waals surface area contributed by atoms with Crippen LogP contribution in [-0.4, -0.2) is 57.9 Å². The number of aryl methyl sites for hydroxylation is 1. The maximum absolute atomic E-state index is 12.1. The summed E-state index contributed by atoms with van der Waals surface area (Å²) >= 11 is 5.75. The maximum atomic E-state index is 12.1. The van der Waals surface area contributed by atoms with E-state index in [0.29, 0.717) is 12.3 Å². The molecule has 0 aliphatic carbocycles. The quantitative estimate of drug-likeness (QED) is 0.151. The molecule has 0 fully saturated rings. The van der Waals surface area contributed by atoms with Crippen LogP contribution >= 0.6 is 11.6 Å². The van der Waals surface area contributed by atoms with Crippen molar-refractivity contribution in [3.05, 3.63) is 40.7 Å². The van der Waals surface area contributed by atoms with E-state index in [-0.39, 0.29) is 41.7 Å². The molecule has 31 heavy (non-hydrogen) atoms. The van der Waals surface area contributed by atoms with Gasteiger partial charge in [0.25, 0.3) is 5.91 Å². The van der Waals surface area contributed by atoms with Crippen molar-refractivity contribution in [3.8, 4) is 5.75 Å². The van der Waals surface area contributed by atoms with E-state index in [1.54, 1.807) is 12.1 Å². The minimum Gasteiger partial charge on any atom is -0.491 e. The Morgan fingerprint density at radius 2 is 1.90 bits per heavy atom. The molecule has 0 aliphatic heterocycles. The number of nitrogens with one attached hydrogen (secondary N) is 3. The topological polar surface area (TPSA) is 192 Å². The first kappa shape index (κ1) is 24.1. The molecular weight excluding hydrogens is 426 g/mol. The van der Waals surface area contributed by atoms with Crippen LogP contribution in [0.15, 0.2) is 24.3 Å².